The Morgan fingerprint density at radius 1 is 1.42 bits per heavy atom. The first-order chi connectivity index (χ1) is 9.28. The molecule has 4 heteroatoms. The Kier molecular flexibility index (Phi) is 3.42. The van der Waals surface area contributed by atoms with E-state index in [1.165, 1.54) is 4.88 Å². The van der Waals surface area contributed by atoms with Crippen molar-refractivity contribution in [2.24, 2.45) is 0 Å². The van der Waals surface area contributed by atoms with Gasteiger partial charge < -0.3 is 9.32 Å². The van der Waals surface area contributed by atoms with E-state index >= 15 is 0 Å². The van der Waals surface area contributed by atoms with Crippen LogP contribution in [0.25, 0.3) is 0 Å². The molecule has 0 aromatic carbocycles. The fourth-order valence-corrected chi connectivity index (χ4v) is 3.05. The molecule has 1 aliphatic rings. The Morgan fingerprint density at radius 2 is 2.26 bits per heavy atom. The van der Waals surface area contributed by atoms with Crippen molar-refractivity contribution in [3.8, 4) is 0 Å². The first-order valence-corrected chi connectivity index (χ1v) is 7.51. The summed E-state index contributed by atoms with van der Waals surface area (Å²) in [7, 11) is 0. The molecule has 2 aromatic rings. The molecule has 0 bridgehead atoms. The molecule has 1 aliphatic carbocycles. The molecule has 2 heterocycles. The molecule has 3 rings (SSSR count). The molecule has 2 aromatic heterocycles. The molecule has 0 aliphatic heterocycles. The predicted octanol–water partition coefficient (Wildman–Crippen LogP) is 3.71. The van der Waals surface area contributed by atoms with Crippen molar-refractivity contribution in [3.63, 3.8) is 0 Å². The van der Waals surface area contributed by atoms with E-state index in [0.29, 0.717) is 12.6 Å². The van der Waals surface area contributed by atoms with Crippen LogP contribution in [0.3, 0.4) is 0 Å². The molecule has 0 radical (unpaired) electrons. The summed E-state index contributed by atoms with van der Waals surface area (Å²) in [6, 6.07) is 8.18. The Bertz CT molecular complexity index is 554. The van der Waals surface area contributed by atoms with Crippen molar-refractivity contribution in [2.75, 3.05) is 0 Å². The fourth-order valence-electron chi connectivity index (χ4n) is 2.15. The third kappa shape index (κ3) is 2.73. The van der Waals surface area contributed by atoms with Crippen LogP contribution >= 0.6 is 11.3 Å². The smallest absolute Gasteiger partial charge is 0.264 e. The van der Waals surface area contributed by atoms with E-state index in [1.807, 2.05) is 23.1 Å². The lowest BCUT2D eigenvalue weighted by atomic mass is 10.3. The average molecular weight is 275 g/mol. The average Bonchev–Trinajstić information content (AvgIpc) is 2.95. The van der Waals surface area contributed by atoms with Gasteiger partial charge in [0.25, 0.3) is 5.91 Å². The summed E-state index contributed by atoms with van der Waals surface area (Å²) >= 11 is 1.61. The van der Waals surface area contributed by atoms with Crippen LogP contribution in [0.2, 0.25) is 0 Å². The molecule has 100 valence electrons. The topological polar surface area (TPSA) is 33.5 Å². The van der Waals surface area contributed by atoms with Gasteiger partial charge in [-0.2, -0.15) is 0 Å². The van der Waals surface area contributed by atoms with Gasteiger partial charge in [0.2, 0.25) is 0 Å². The van der Waals surface area contributed by atoms with Gasteiger partial charge in [0, 0.05) is 10.9 Å². The Labute approximate surface area is 116 Å². The summed E-state index contributed by atoms with van der Waals surface area (Å²) in [5.74, 6) is 0.996. The van der Waals surface area contributed by atoms with Gasteiger partial charge in [0.1, 0.15) is 5.76 Å². The van der Waals surface area contributed by atoms with Crippen LogP contribution < -0.4 is 0 Å². The van der Waals surface area contributed by atoms with Gasteiger partial charge in [-0.1, -0.05) is 6.92 Å². The maximum Gasteiger partial charge on any atom is 0.264 e. The number of carbonyl (C=O) groups is 1. The number of carbonyl (C=O) groups excluding carboxylic acids is 1. The summed E-state index contributed by atoms with van der Waals surface area (Å²) in [6.07, 6.45) is 4.86. The van der Waals surface area contributed by atoms with E-state index in [4.69, 9.17) is 4.42 Å². The van der Waals surface area contributed by atoms with E-state index in [-0.39, 0.29) is 5.91 Å². The standard InChI is InChI=1S/C15H17NO2S/c1-2-13-7-8-14(19-13)15(17)16(11-5-6-11)10-12-4-3-9-18-12/h3-4,7-9,11H,2,5-6,10H2,1H3. The van der Waals surface area contributed by atoms with E-state index in [1.54, 1.807) is 17.6 Å². The summed E-state index contributed by atoms with van der Waals surface area (Å²) in [4.78, 5) is 16.6. The summed E-state index contributed by atoms with van der Waals surface area (Å²) in [6.45, 7) is 2.69. The van der Waals surface area contributed by atoms with Crippen LogP contribution in [0.4, 0.5) is 0 Å². The number of rotatable bonds is 5. The van der Waals surface area contributed by atoms with Crippen molar-refractivity contribution in [1.29, 1.82) is 0 Å². The van der Waals surface area contributed by atoms with Crippen LogP contribution in [0, 0.1) is 0 Å². The molecule has 0 unspecified atom stereocenters. The number of hydrogen-bond donors (Lipinski definition) is 0. The summed E-state index contributed by atoms with van der Waals surface area (Å²) in [5.41, 5.74) is 0. The lowest BCUT2D eigenvalue weighted by Gasteiger charge is -2.20. The molecule has 1 saturated carbocycles. The number of nitrogens with zero attached hydrogens (tertiary/aromatic N) is 1. The summed E-state index contributed by atoms with van der Waals surface area (Å²) < 4.78 is 5.36. The van der Waals surface area contributed by atoms with Crippen LogP contribution in [0.1, 0.15) is 40.1 Å². The minimum atomic E-state index is 0.142. The SMILES string of the molecule is CCc1ccc(C(=O)N(Cc2ccco2)C2CC2)s1. The van der Waals surface area contributed by atoms with Crippen LogP contribution in [-0.4, -0.2) is 16.8 Å². The van der Waals surface area contributed by atoms with E-state index in [2.05, 4.69) is 13.0 Å². The van der Waals surface area contributed by atoms with E-state index in [9.17, 15) is 4.79 Å². The Hall–Kier alpha value is -1.55. The Balaban J connectivity index is 1.77. The minimum absolute atomic E-state index is 0.142. The van der Waals surface area contributed by atoms with Gasteiger partial charge >= 0.3 is 0 Å². The molecule has 0 N–H and O–H groups in total. The maximum atomic E-state index is 12.6. The van der Waals surface area contributed by atoms with Gasteiger partial charge in [-0.05, 0) is 43.5 Å². The monoisotopic (exact) mass is 275 g/mol. The lowest BCUT2D eigenvalue weighted by Crippen LogP contribution is -2.31. The van der Waals surface area contributed by atoms with E-state index in [0.717, 1.165) is 29.9 Å². The molecule has 3 nitrogen and oxygen atoms in total. The second-order valence-electron chi connectivity index (χ2n) is 4.86. The molecule has 0 atom stereocenters. The fraction of sp³-hybridized carbons (Fsp3) is 0.400. The third-order valence-electron chi connectivity index (χ3n) is 3.38. The van der Waals surface area contributed by atoms with Crippen LogP contribution in [0.5, 0.6) is 0 Å². The molecule has 1 fully saturated rings. The van der Waals surface area contributed by atoms with Crippen molar-refractivity contribution in [2.45, 2.75) is 38.8 Å². The quantitative estimate of drug-likeness (QED) is 0.833. The Morgan fingerprint density at radius 3 is 2.84 bits per heavy atom. The largest absolute Gasteiger partial charge is 0.467 e. The van der Waals surface area contributed by atoms with Crippen molar-refractivity contribution in [1.82, 2.24) is 4.90 Å². The van der Waals surface area contributed by atoms with Crippen LogP contribution in [0.15, 0.2) is 34.9 Å². The molecule has 0 saturated heterocycles. The van der Waals surface area contributed by atoms with Crippen molar-refractivity contribution < 1.29 is 9.21 Å². The second kappa shape index (κ2) is 5.21. The highest BCUT2D eigenvalue weighted by Crippen LogP contribution is 2.31. The number of hydrogen-bond acceptors (Lipinski definition) is 3. The lowest BCUT2D eigenvalue weighted by molar-refractivity contribution is 0.0722. The number of furan rings is 1. The molecule has 19 heavy (non-hydrogen) atoms. The maximum absolute atomic E-state index is 12.6. The second-order valence-corrected chi connectivity index (χ2v) is 6.03. The zero-order chi connectivity index (χ0) is 13.2. The first-order valence-electron chi connectivity index (χ1n) is 6.70. The van der Waals surface area contributed by atoms with Crippen LogP contribution in [-0.2, 0) is 13.0 Å². The molecular formula is C15H17NO2S. The van der Waals surface area contributed by atoms with Gasteiger partial charge in [-0.3, -0.25) is 4.79 Å². The van der Waals surface area contributed by atoms with E-state index < -0.39 is 0 Å². The predicted molar refractivity (Wildman–Crippen MR) is 75.3 cm³/mol. The van der Waals surface area contributed by atoms with Crippen molar-refractivity contribution >= 4 is 17.2 Å². The number of thiophene rings is 1. The highest BCUT2D eigenvalue weighted by molar-refractivity contribution is 7.14. The number of aryl methyl sites for hydroxylation is 1. The highest BCUT2D eigenvalue weighted by atomic mass is 32.1. The molecule has 0 spiro atoms. The summed E-state index contributed by atoms with van der Waals surface area (Å²) in [5, 5.41) is 0. The molecule has 1 amide bonds. The number of amides is 1. The van der Waals surface area contributed by atoms with Gasteiger partial charge in [0.05, 0.1) is 17.7 Å². The van der Waals surface area contributed by atoms with Crippen molar-refractivity contribution in [3.05, 3.63) is 46.0 Å². The zero-order valence-electron chi connectivity index (χ0n) is 11.0. The normalized spacial score (nSPS) is 14.6. The minimum Gasteiger partial charge on any atom is -0.467 e. The van der Waals surface area contributed by atoms with Gasteiger partial charge in [0.15, 0.2) is 0 Å². The highest BCUT2D eigenvalue weighted by Gasteiger charge is 2.34. The van der Waals surface area contributed by atoms with Gasteiger partial charge in [-0.25, -0.2) is 0 Å². The molecular weight excluding hydrogens is 258 g/mol. The first kappa shape index (κ1) is 12.5. The van der Waals surface area contributed by atoms with Gasteiger partial charge in [-0.15, -0.1) is 11.3 Å². The third-order valence-corrected chi connectivity index (χ3v) is 4.59. The zero-order valence-corrected chi connectivity index (χ0v) is 11.8.